The SMILES string of the molecule is CCOc1ccc(Cc2cc([C@]34OC[C@](C(=O)OC)(O3)[C@@H](OCc3ccccc3)[C@H](OCc3ccccc3)[C@H]4OCc3ccccc3)ccc2Cl)cc1F. The van der Waals surface area contributed by atoms with Crippen molar-refractivity contribution in [2.24, 2.45) is 0 Å². The van der Waals surface area contributed by atoms with Gasteiger partial charge in [0.15, 0.2) is 11.6 Å². The van der Waals surface area contributed by atoms with E-state index in [-0.39, 0.29) is 32.2 Å². The highest BCUT2D eigenvalue weighted by molar-refractivity contribution is 6.31. The van der Waals surface area contributed by atoms with Gasteiger partial charge in [0.25, 0.3) is 0 Å². The van der Waals surface area contributed by atoms with Gasteiger partial charge in [-0.3, -0.25) is 0 Å². The van der Waals surface area contributed by atoms with E-state index in [1.54, 1.807) is 31.2 Å². The molecule has 0 unspecified atom stereocenters. The van der Waals surface area contributed by atoms with Gasteiger partial charge in [0.1, 0.15) is 18.3 Å². The van der Waals surface area contributed by atoms with Gasteiger partial charge in [-0.2, -0.15) is 0 Å². The van der Waals surface area contributed by atoms with Crippen molar-refractivity contribution >= 4 is 17.6 Å². The standard InChI is InChI=1S/C44H42ClFO8/c1-3-49-38-22-19-33(24-37(38)46)23-34-25-35(20-21-36(34)45)44-41(52-28-32-17-11-6-12-18-32)39(50-26-30-13-7-4-8-14-30)40(51-27-31-15-9-5-10-16-31)43(54-44,29-53-44)42(47)48-2/h4-22,24-25,39-41H,3,23,26-29H2,1-2H3/t39-,40-,41+,43-,44-/m0/s1. The minimum absolute atomic E-state index is 0.154. The number of benzene rings is 5. The van der Waals surface area contributed by atoms with E-state index in [1.807, 2.05) is 97.1 Å². The Balaban J connectivity index is 1.33. The number of hydrogen-bond acceptors (Lipinski definition) is 8. The molecule has 5 aromatic carbocycles. The monoisotopic (exact) mass is 752 g/mol. The van der Waals surface area contributed by atoms with Crippen LogP contribution in [0.25, 0.3) is 0 Å². The molecule has 0 aromatic heterocycles. The van der Waals surface area contributed by atoms with Crippen LogP contribution in [0.2, 0.25) is 5.02 Å². The van der Waals surface area contributed by atoms with Gasteiger partial charge in [-0.1, -0.05) is 115 Å². The van der Waals surface area contributed by atoms with Crippen LogP contribution in [0.15, 0.2) is 127 Å². The summed E-state index contributed by atoms with van der Waals surface area (Å²) >= 11 is 6.80. The first-order chi connectivity index (χ1) is 26.3. The van der Waals surface area contributed by atoms with E-state index < -0.39 is 41.5 Å². The summed E-state index contributed by atoms with van der Waals surface area (Å²) in [7, 11) is 1.31. The van der Waals surface area contributed by atoms with Crippen LogP contribution < -0.4 is 4.74 Å². The third-order valence-electron chi connectivity index (χ3n) is 9.77. The molecule has 10 heteroatoms. The summed E-state index contributed by atoms with van der Waals surface area (Å²) in [5, 5.41) is 0.459. The van der Waals surface area contributed by atoms with Crippen molar-refractivity contribution in [3.8, 4) is 5.75 Å². The molecular formula is C44H42ClFO8. The molecule has 2 aliphatic rings. The fraction of sp³-hybridized carbons (Fsp3) is 0.295. The fourth-order valence-electron chi connectivity index (χ4n) is 7.13. The van der Waals surface area contributed by atoms with Crippen LogP contribution in [0.3, 0.4) is 0 Å². The van der Waals surface area contributed by atoms with Crippen LogP contribution in [-0.4, -0.2) is 50.2 Å². The van der Waals surface area contributed by atoms with Gasteiger partial charge in [-0.05, 0) is 65.4 Å². The molecule has 0 radical (unpaired) electrons. The van der Waals surface area contributed by atoms with E-state index in [0.29, 0.717) is 34.7 Å². The highest BCUT2D eigenvalue weighted by atomic mass is 35.5. The first kappa shape index (κ1) is 37.7. The summed E-state index contributed by atoms with van der Waals surface area (Å²) in [6.07, 6.45) is -2.61. The van der Waals surface area contributed by atoms with Crippen LogP contribution in [0, 0.1) is 5.82 Å². The third kappa shape index (κ3) is 7.79. The van der Waals surface area contributed by atoms with Crippen molar-refractivity contribution in [2.45, 2.75) is 62.9 Å². The smallest absolute Gasteiger partial charge is 0.343 e. The van der Waals surface area contributed by atoms with Gasteiger partial charge in [0.05, 0.1) is 40.1 Å². The Labute approximate surface area is 319 Å². The van der Waals surface area contributed by atoms with E-state index in [2.05, 4.69) is 0 Å². The zero-order valence-corrected chi connectivity index (χ0v) is 30.9. The maximum Gasteiger partial charge on any atom is 0.343 e. The molecule has 2 saturated heterocycles. The maximum absolute atomic E-state index is 14.9. The second kappa shape index (κ2) is 16.8. The molecule has 0 aliphatic carbocycles. The van der Waals surface area contributed by atoms with Crippen LogP contribution in [0.1, 0.15) is 40.3 Å². The molecule has 8 nitrogen and oxygen atoms in total. The molecule has 54 heavy (non-hydrogen) atoms. The number of hydrogen-bond donors (Lipinski definition) is 0. The molecular weight excluding hydrogens is 711 g/mol. The first-order valence-electron chi connectivity index (χ1n) is 17.9. The maximum atomic E-state index is 14.9. The Bertz CT molecular complexity index is 2020. The van der Waals surface area contributed by atoms with Gasteiger partial charge in [-0.25, -0.2) is 9.18 Å². The van der Waals surface area contributed by atoms with E-state index in [9.17, 15) is 9.18 Å². The van der Waals surface area contributed by atoms with Crippen molar-refractivity contribution in [3.63, 3.8) is 0 Å². The topological polar surface area (TPSA) is 81.7 Å². The lowest BCUT2D eigenvalue weighted by atomic mass is 9.82. The van der Waals surface area contributed by atoms with Gasteiger partial charge >= 0.3 is 5.97 Å². The average molecular weight is 753 g/mol. The van der Waals surface area contributed by atoms with Gasteiger partial charge in [0, 0.05) is 10.6 Å². The van der Waals surface area contributed by atoms with Crippen LogP contribution in [-0.2, 0) is 65.2 Å². The molecule has 7 rings (SSSR count). The third-order valence-corrected chi connectivity index (χ3v) is 10.1. The molecule has 0 saturated carbocycles. The van der Waals surface area contributed by atoms with E-state index in [4.69, 9.17) is 44.8 Å². The molecule has 2 bridgehead atoms. The molecule has 2 heterocycles. The molecule has 5 atom stereocenters. The zero-order valence-electron chi connectivity index (χ0n) is 30.1. The molecule has 5 aromatic rings. The average Bonchev–Trinajstić information content (AvgIpc) is 3.57. The Morgan fingerprint density at radius 3 is 1.93 bits per heavy atom. The number of carbonyl (C=O) groups excluding carboxylic acids is 1. The highest BCUT2D eigenvalue weighted by Gasteiger charge is 2.73. The van der Waals surface area contributed by atoms with Crippen molar-refractivity contribution in [2.75, 3.05) is 20.3 Å². The lowest BCUT2D eigenvalue weighted by molar-refractivity contribution is -0.345. The second-order valence-electron chi connectivity index (χ2n) is 13.3. The largest absolute Gasteiger partial charge is 0.491 e. The second-order valence-corrected chi connectivity index (χ2v) is 13.7. The quantitative estimate of drug-likeness (QED) is 0.0988. The number of fused-ring (bicyclic) bond motifs is 2. The van der Waals surface area contributed by atoms with E-state index >= 15 is 0 Å². The summed E-state index contributed by atoms with van der Waals surface area (Å²) in [6.45, 7) is 2.45. The van der Waals surface area contributed by atoms with Crippen LogP contribution >= 0.6 is 11.6 Å². The Hall–Kier alpha value is -4.61. The summed E-state index contributed by atoms with van der Waals surface area (Å²) in [5.41, 5.74) is 2.88. The Morgan fingerprint density at radius 2 is 1.35 bits per heavy atom. The van der Waals surface area contributed by atoms with Crippen molar-refractivity contribution in [1.29, 1.82) is 0 Å². The normalized spacial score (nSPS) is 23.2. The fourth-order valence-corrected chi connectivity index (χ4v) is 7.31. The summed E-state index contributed by atoms with van der Waals surface area (Å²) in [6, 6.07) is 39.3. The van der Waals surface area contributed by atoms with Crippen LogP contribution in [0.5, 0.6) is 5.75 Å². The number of rotatable bonds is 15. The molecule has 0 spiro atoms. The lowest BCUT2D eigenvalue weighted by Crippen LogP contribution is -2.69. The first-order valence-corrected chi connectivity index (χ1v) is 18.3. The molecule has 280 valence electrons. The summed E-state index contributed by atoms with van der Waals surface area (Å²) in [4.78, 5) is 14.0. The highest BCUT2D eigenvalue weighted by Crippen LogP contribution is 2.53. The summed E-state index contributed by atoms with van der Waals surface area (Å²) < 4.78 is 59.7. The minimum atomic E-state index is -1.74. The molecule has 0 N–H and O–H groups in total. The van der Waals surface area contributed by atoms with E-state index in [0.717, 1.165) is 16.7 Å². The van der Waals surface area contributed by atoms with Crippen molar-refractivity contribution in [3.05, 3.63) is 172 Å². The van der Waals surface area contributed by atoms with E-state index in [1.165, 1.54) is 13.2 Å². The summed E-state index contributed by atoms with van der Waals surface area (Å²) in [5.74, 6) is -2.64. The molecule has 0 amide bonds. The number of ether oxygens (including phenoxy) is 7. The van der Waals surface area contributed by atoms with Crippen LogP contribution in [0.4, 0.5) is 4.39 Å². The number of halogens is 2. The van der Waals surface area contributed by atoms with Gasteiger partial charge in [0.2, 0.25) is 11.4 Å². The van der Waals surface area contributed by atoms with Crippen molar-refractivity contribution < 1.29 is 42.3 Å². The lowest BCUT2D eigenvalue weighted by Gasteiger charge is -2.49. The zero-order chi connectivity index (χ0) is 37.5. The number of esters is 1. The minimum Gasteiger partial charge on any atom is -0.491 e. The Kier molecular flexibility index (Phi) is 11.7. The number of methoxy groups -OCH3 is 1. The van der Waals surface area contributed by atoms with Crippen molar-refractivity contribution in [1.82, 2.24) is 0 Å². The number of carbonyl (C=O) groups is 1. The molecule has 2 fully saturated rings. The van der Waals surface area contributed by atoms with Gasteiger partial charge in [-0.15, -0.1) is 0 Å². The van der Waals surface area contributed by atoms with Gasteiger partial charge < -0.3 is 33.2 Å². The predicted octanol–water partition coefficient (Wildman–Crippen LogP) is 8.35. The Morgan fingerprint density at radius 1 is 0.759 bits per heavy atom. The molecule has 2 aliphatic heterocycles. The predicted molar refractivity (Wildman–Crippen MR) is 200 cm³/mol.